The molecule has 1 aliphatic carbocycles. The van der Waals surface area contributed by atoms with Crippen LogP contribution in [0.5, 0.6) is 0 Å². The van der Waals surface area contributed by atoms with Gasteiger partial charge in [-0.3, -0.25) is 4.79 Å². The predicted molar refractivity (Wildman–Crippen MR) is 105 cm³/mol. The van der Waals surface area contributed by atoms with E-state index in [4.69, 9.17) is 0 Å². The minimum atomic E-state index is -0.162. The van der Waals surface area contributed by atoms with Crippen LogP contribution in [0.25, 0.3) is 17.5 Å². The van der Waals surface area contributed by atoms with E-state index in [9.17, 15) is 4.79 Å². The number of amides is 1. The molecule has 0 radical (unpaired) electrons. The SMILES string of the molecule is Cc1ccc(/C=C/C(=O)Nc2ccc(-c3nnnn3C3CC3)cc2)c(C)c1. The molecule has 0 aliphatic heterocycles. The Morgan fingerprint density at radius 1 is 1.15 bits per heavy atom. The standard InChI is InChI=1S/C21H21N5O/c1-14-3-4-16(15(2)13-14)7-12-20(27)22-18-8-5-17(6-9-18)21-23-24-25-26(21)19-10-11-19/h3-9,12-13,19H,10-11H2,1-2H3,(H,22,27)/b12-7+. The molecule has 3 aromatic rings. The summed E-state index contributed by atoms with van der Waals surface area (Å²) >= 11 is 0. The summed E-state index contributed by atoms with van der Waals surface area (Å²) in [6, 6.07) is 14.2. The fraction of sp³-hybridized carbons (Fsp3) is 0.238. The van der Waals surface area contributed by atoms with E-state index >= 15 is 0 Å². The number of aryl methyl sites for hydroxylation is 2. The average molecular weight is 359 g/mol. The molecule has 0 atom stereocenters. The Bertz CT molecular complexity index is 1000. The summed E-state index contributed by atoms with van der Waals surface area (Å²) in [7, 11) is 0. The van der Waals surface area contributed by atoms with E-state index in [1.54, 1.807) is 6.08 Å². The average Bonchev–Trinajstić information content (AvgIpc) is 3.38. The highest BCUT2D eigenvalue weighted by Gasteiger charge is 2.28. The zero-order valence-corrected chi connectivity index (χ0v) is 15.4. The third-order valence-corrected chi connectivity index (χ3v) is 4.64. The molecule has 6 heteroatoms. The van der Waals surface area contributed by atoms with Gasteiger partial charge in [-0.25, -0.2) is 4.68 Å². The molecule has 1 aliphatic rings. The number of carbonyl (C=O) groups is 1. The maximum absolute atomic E-state index is 12.2. The molecule has 1 N–H and O–H groups in total. The molecule has 4 rings (SSSR count). The summed E-state index contributed by atoms with van der Waals surface area (Å²) in [5.41, 5.74) is 5.08. The minimum Gasteiger partial charge on any atom is -0.323 e. The molecule has 2 aromatic carbocycles. The predicted octanol–water partition coefficient (Wildman–Crippen LogP) is 3.94. The quantitative estimate of drug-likeness (QED) is 0.700. The van der Waals surface area contributed by atoms with Crippen molar-refractivity contribution in [3.63, 3.8) is 0 Å². The van der Waals surface area contributed by atoms with Crippen molar-refractivity contribution in [1.29, 1.82) is 0 Å². The summed E-state index contributed by atoms with van der Waals surface area (Å²) in [5, 5.41) is 14.8. The zero-order chi connectivity index (χ0) is 18.8. The Kier molecular flexibility index (Phi) is 4.54. The molecular weight excluding hydrogens is 338 g/mol. The molecule has 1 heterocycles. The Balaban J connectivity index is 1.42. The number of nitrogens with zero attached hydrogens (tertiary/aromatic N) is 4. The summed E-state index contributed by atoms with van der Waals surface area (Å²) in [6.45, 7) is 4.10. The molecule has 0 saturated heterocycles. The van der Waals surface area contributed by atoms with Crippen LogP contribution in [-0.4, -0.2) is 26.1 Å². The molecule has 6 nitrogen and oxygen atoms in total. The second-order valence-electron chi connectivity index (χ2n) is 6.94. The summed E-state index contributed by atoms with van der Waals surface area (Å²) in [5.74, 6) is 0.607. The van der Waals surface area contributed by atoms with Gasteiger partial charge in [-0.2, -0.15) is 0 Å². The number of rotatable bonds is 5. The monoisotopic (exact) mass is 359 g/mol. The zero-order valence-electron chi connectivity index (χ0n) is 15.4. The van der Waals surface area contributed by atoms with E-state index in [-0.39, 0.29) is 5.91 Å². The molecule has 1 fully saturated rings. The molecule has 27 heavy (non-hydrogen) atoms. The molecule has 136 valence electrons. The number of aromatic nitrogens is 4. The van der Waals surface area contributed by atoms with Crippen molar-refractivity contribution in [3.05, 3.63) is 65.2 Å². The molecular formula is C21H21N5O. The lowest BCUT2D eigenvalue weighted by Gasteiger charge is -2.06. The van der Waals surface area contributed by atoms with Crippen LogP contribution in [0.3, 0.4) is 0 Å². The van der Waals surface area contributed by atoms with Crippen LogP contribution in [0.15, 0.2) is 48.5 Å². The van der Waals surface area contributed by atoms with Gasteiger partial charge in [-0.05, 0) is 78.6 Å². The van der Waals surface area contributed by atoms with Crippen LogP contribution in [0.1, 0.15) is 35.6 Å². The van der Waals surface area contributed by atoms with Gasteiger partial charge in [0.1, 0.15) is 0 Å². The lowest BCUT2D eigenvalue weighted by molar-refractivity contribution is -0.111. The van der Waals surface area contributed by atoms with E-state index in [0.717, 1.165) is 41.0 Å². The van der Waals surface area contributed by atoms with Crippen LogP contribution in [0.2, 0.25) is 0 Å². The Morgan fingerprint density at radius 2 is 1.93 bits per heavy atom. The van der Waals surface area contributed by atoms with Crippen LogP contribution in [-0.2, 0) is 4.79 Å². The molecule has 0 bridgehead atoms. The highest BCUT2D eigenvalue weighted by Crippen LogP contribution is 2.36. The second kappa shape index (κ2) is 7.15. The highest BCUT2D eigenvalue weighted by molar-refractivity contribution is 6.02. The fourth-order valence-corrected chi connectivity index (χ4v) is 3.01. The van der Waals surface area contributed by atoms with E-state index in [1.165, 1.54) is 5.56 Å². The number of carbonyl (C=O) groups excluding carboxylic acids is 1. The van der Waals surface area contributed by atoms with Gasteiger partial charge < -0.3 is 5.32 Å². The van der Waals surface area contributed by atoms with E-state index in [2.05, 4.69) is 33.8 Å². The van der Waals surface area contributed by atoms with Crippen molar-refractivity contribution in [2.24, 2.45) is 0 Å². The van der Waals surface area contributed by atoms with Gasteiger partial charge in [-0.15, -0.1) is 5.10 Å². The number of anilines is 1. The van der Waals surface area contributed by atoms with Gasteiger partial charge in [0, 0.05) is 17.3 Å². The number of hydrogen-bond acceptors (Lipinski definition) is 4. The third-order valence-electron chi connectivity index (χ3n) is 4.64. The van der Waals surface area contributed by atoms with Gasteiger partial charge in [-0.1, -0.05) is 23.8 Å². The van der Waals surface area contributed by atoms with Crippen molar-refractivity contribution in [3.8, 4) is 11.4 Å². The summed E-state index contributed by atoms with van der Waals surface area (Å²) in [6.07, 6.45) is 5.64. The maximum atomic E-state index is 12.2. The van der Waals surface area contributed by atoms with Gasteiger partial charge in [0.15, 0.2) is 5.82 Å². The molecule has 0 unspecified atom stereocenters. The van der Waals surface area contributed by atoms with Gasteiger partial charge in [0.2, 0.25) is 5.91 Å². The van der Waals surface area contributed by atoms with E-state index in [0.29, 0.717) is 6.04 Å². The normalized spacial score (nSPS) is 13.9. The topological polar surface area (TPSA) is 72.7 Å². The van der Waals surface area contributed by atoms with Crippen LogP contribution < -0.4 is 5.32 Å². The maximum Gasteiger partial charge on any atom is 0.248 e. The first-order valence-electron chi connectivity index (χ1n) is 9.05. The number of tetrazole rings is 1. The first kappa shape index (κ1) is 17.1. The van der Waals surface area contributed by atoms with Crippen LogP contribution in [0, 0.1) is 13.8 Å². The van der Waals surface area contributed by atoms with E-state index in [1.807, 2.05) is 54.1 Å². The van der Waals surface area contributed by atoms with E-state index < -0.39 is 0 Å². The fourth-order valence-electron chi connectivity index (χ4n) is 3.01. The molecule has 1 amide bonds. The molecule has 1 saturated carbocycles. The van der Waals surface area contributed by atoms with Crippen molar-refractivity contribution in [2.45, 2.75) is 32.7 Å². The number of benzene rings is 2. The summed E-state index contributed by atoms with van der Waals surface area (Å²) in [4.78, 5) is 12.2. The summed E-state index contributed by atoms with van der Waals surface area (Å²) < 4.78 is 1.88. The lowest BCUT2D eigenvalue weighted by Crippen LogP contribution is -2.07. The Morgan fingerprint density at radius 3 is 2.63 bits per heavy atom. The number of hydrogen-bond donors (Lipinski definition) is 1. The second-order valence-corrected chi connectivity index (χ2v) is 6.94. The number of nitrogens with one attached hydrogen (secondary N) is 1. The van der Waals surface area contributed by atoms with Gasteiger partial charge in [0.25, 0.3) is 0 Å². The Labute approximate surface area is 157 Å². The molecule has 1 aromatic heterocycles. The van der Waals surface area contributed by atoms with Crippen LogP contribution >= 0.6 is 0 Å². The lowest BCUT2D eigenvalue weighted by atomic mass is 10.1. The van der Waals surface area contributed by atoms with Crippen molar-refractivity contribution in [2.75, 3.05) is 5.32 Å². The minimum absolute atomic E-state index is 0.162. The largest absolute Gasteiger partial charge is 0.323 e. The smallest absolute Gasteiger partial charge is 0.248 e. The first-order valence-corrected chi connectivity index (χ1v) is 9.05. The van der Waals surface area contributed by atoms with Crippen molar-refractivity contribution in [1.82, 2.24) is 20.2 Å². The third kappa shape index (κ3) is 3.95. The van der Waals surface area contributed by atoms with Crippen molar-refractivity contribution >= 4 is 17.7 Å². The first-order chi connectivity index (χ1) is 13.1. The van der Waals surface area contributed by atoms with Crippen LogP contribution in [0.4, 0.5) is 5.69 Å². The van der Waals surface area contributed by atoms with Crippen molar-refractivity contribution < 1.29 is 4.79 Å². The van der Waals surface area contributed by atoms with Gasteiger partial charge in [0.05, 0.1) is 6.04 Å². The van der Waals surface area contributed by atoms with Gasteiger partial charge >= 0.3 is 0 Å². The molecule has 0 spiro atoms. The highest BCUT2D eigenvalue weighted by atomic mass is 16.1. The Hall–Kier alpha value is -3.28.